The fourth-order valence-corrected chi connectivity index (χ4v) is 1.49. The van der Waals surface area contributed by atoms with Crippen molar-refractivity contribution in [2.75, 3.05) is 13.6 Å². The number of benzene rings is 1. The SMILES string of the molecule is CNC(=O)C(=O)NCCCCc1ccccc1. The molecule has 92 valence electrons. The van der Waals surface area contributed by atoms with Gasteiger partial charge in [-0.1, -0.05) is 30.3 Å². The summed E-state index contributed by atoms with van der Waals surface area (Å²) in [6.45, 7) is 0.541. The molecule has 0 aliphatic carbocycles. The molecule has 1 aromatic rings. The van der Waals surface area contributed by atoms with Crippen LogP contribution in [0.4, 0.5) is 0 Å². The van der Waals surface area contributed by atoms with Gasteiger partial charge in [-0.2, -0.15) is 0 Å². The number of rotatable bonds is 5. The summed E-state index contributed by atoms with van der Waals surface area (Å²) in [7, 11) is 1.44. The zero-order valence-corrected chi connectivity index (χ0v) is 10.0. The molecular weight excluding hydrogens is 216 g/mol. The number of amides is 2. The number of unbranched alkanes of at least 4 members (excludes halogenated alkanes) is 1. The lowest BCUT2D eigenvalue weighted by Crippen LogP contribution is -2.38. The van der Waals surface area contributed by atoms with E-state index in [1.54, 1.807) is 0 Å². The van der Waals surface area contributed by atoms with Gasteiger partial charge in [0.15, 0.2) is 0 Å². The predicted octanol–water partition coefficient (Wildman–Crippen LogP) is 0.871. The highest BCUT2D eigenvalue weighted by molar-refractivity contribution is 6.34. The molecule has 1 rings (SSSR count). The van der Waals surface area contributed by atoms with Gasteiger partial charge in [-0.25, -0.2) is 0 Å². The van der Waals surface area contributed by atoms with Gasteiger partial charge in [-0.15, -0.1) is 0 Å². The number of hydrogen-bond acceptors (Lipinski definition) is 2. The number of carbonyl (C=O) groups excluding carboxylic acids is 2. The lowest BCUT2D eigenvalue weighted by molar-refractivity contribution is -0.138. The number of hydrogen-bond donors (Lipinski definition) is 2. The topological polar surface area (TPSA) is 58.2 Å². The Morgan fingerprint density at radius 1 is 1.06 bits per heavy atom. The minimum Gasteiger partial charge on any atom is -0.351 e. The maximum Gasteiger partial charge on any atom is 0.309 e. The van der Waals surface area contributed by atoms with E-state index in [4.69, 9.17) is 0 Å². The molecule has 0 aliphatic heterocycles. The number of likely N-dealkylation sites (N-methyl/N-ethyl adjacent to an activating group) is 1. The standard InChI is InChI=1S/C13H18N2O2/c1-14-12(16)13(17)15-10-6-5-9-11-7-3-2-4-8-11/h2-4,7-8H,5-6,9-10H2,1H3,(H,14,16)(H,15,17). The van der Waals surface area contributed by atoms with Crippen LogP contribution in [0.2, 0.25) is 0 Å². The van der Waals surface area contributed by atoms with Crippen molar-refractivity contribution in [3.8, 4) is 0 Å². The van der Waals surface area contributed by atoms with Crippen LogP contribution in [0, 0.1) is 0 Å². The average Bonchev–Trinajstić information content (AvgIpc) is 2.38. The van der Waals surface area contributed by atoms with Crippen molar-refractivity contribution < 1.29 is 9.59 Å². The summed E-state index contributed by atoms with van der Waals surface area (Å²) < 4.78 is 0. The Hall–Kier alpha value is -1.84. The van der Waals surface area contributed by atoms with Crippen LogP contribution in [0.5, 0.6) is 0 Å². The van der Waals surface area contributed by atoms with Crippen LogP contribution in [0.25, 0.3) is 0 Å². The molecule has 4 heteroatoms. The molecule has 4 nitrogen and oxygen atoms in total. The third-order valence-electron chi connectivity index (χ3n) is 2.45. The Balaban J connectivity index is 2.09. The fraction of sp³-hybridized carbons (Fsp3) is 0.385. The molecular formula is C13H18N2O2. The first kappa shape index (κ1) is 13.2. The van der Waals surface area contributed by atoms with E-state index in [1.165, 1.54) is 12.6 Å². The van der Waals surface area contributed by atoms with Gasteiger partial charge in [0.05, 0.1) is 0 Å². The quantitative estimate of drug-likeness (QED) is 0.586. The first-order valence-electron chi connectivity index (χ1n) is 5.78. The molecule has 0 bridgehead atoms. The summed E-state index contributed by atoms with van der Waals surface area (Å²) in [5.41, 5.74) is 1.30. The molecule has 0 saturated carbocycles. The largest absolute Gasteiger partial charge is 0.351 e. The fourth-order valence-electron chi connectivity index (χ4n) is 1.49. The Bertz CT molecular complexity index is 363. The van der Waals surface area contributed by atoms with Gasteiger partial charge in [-0.3, -0.25) is 9.59 Å². The second-order valence-corrected chi connectivity index (χ2v) is 3.78. The third kappa shape index (κ3) is 5.15. The van der Waals surface area contributed by atoms with Gasteiger partial charge < -0.3 is 10.6 Å². The van der Waals surface area contributed by atoms with Crippen molar-refractivity contribution in [3.63, 3.8) is 0 Å². The number of nitrogens with one attached hydrogen (secondary N) is 2. The van der Waals surface area contributed by atoms with Crippen molar-refractivity contribution >= 4 is 11.8 Å². The Labute approximate surface area is 101 Å². The Morgan fingerprint density at radius 2 is 1.76 bits per heavy atom. The summed E-state index contributed by atoms with van der Waals surface area (Å²) in [6, 6.07) is 10.2. The maximum atomic E-state index is 11.1. The molecule has 2 amide bonds. The summed E-state index contributed by atoms with van der Waals surface area (Å²) in [6.07, 6.45) is 2.87. The smallest absolute Gasteiger partial charge is 0.309 e. The highest BCUT2D eigenvalue weighted by Gasteiger charge is 2.08. The van der Waals surface area contributed by atoms with Gasteiger partial charge in [0, 0.05) is 13.6 Å². The molecule has 1 aromatic carbocycles. The van der Waals surface area contributed by atoms with E-state index in [-0.39, 0.29) is 0 Å². The van der Waals surface area contributed by atoms with Crippen LogP contribution in [-0.2, 0) is 16.0 Å². The maximum absolute atomic E-state index is 11.1. The monoisotopic (exact) mass is 234 g/mol. The third-order valence-corrected chi connectivity index (χ3v) is 2.45. The van der Waals surface area contributed by atoms with E-state index >= 15 is 0 Å². The summed E-state index contributed by atoms with van der Waals surface area (Å²) >= 11 is 0. The lowest BCUT2D eigenvalue weighted by atomic mass is 10.1. The van der Waals surface area contributed by atoms with Gasteiger partial charge in [-0.05, 0) is 24.8 Å². The number of carbonyl (C=O) groups is 2. The van der Waals surface area contributed by atoms with Gasteiger partial charge >= 0.3 is 11.8 Å². The van der Waals surface area contributed by atoms with Crippen LogP contribution in [0.3, 0.4) is 0 Å². The Morgan fingerprint density at radius 3 is 2.41 bits per heavy atom. The summed E-state index contributed by atoms with van der Waals surface area (Å²) in [4.78, 5) is 22.0. The van der Waals surface area contributed by atoms with Gasteiger partial charge in [0.2, 0.25) is 0 Å². The first-order valence-corrected chi connectivity index (χ1v) is 5.78. The highest BCUT2D eigenvalue weighted by Crippen LogP contribution is 2.03. The molecule has 0 spiro atoms. The van der Waals surface area contributed by atoms with E-state index in [9.17, 15) is 9.59 Å². The van der Waals surface area contributed by atoms with Crippen LogP contribution in [0.15, 0.2) is 30.3 Å². The van der Waals surface area contributed by atoms with Crippen LogP contribution < -0.4 is 10.6 Å². The van der Waals surface area contributed by atoms with Crippen molar-refractivity contribution in [3.05, 3.63) is 35.9 Å². The molecule has 0 fully saturated rings. The second kappa shape index (κ2) is 7.44. The minimum absolute atomic E-state index is 0.541. The molecule has 2 N–H and O–H groups in total. The highest BCUT2D eigenvalue weighted by atomic mass is 16.2. The van der Waals surface area contributed by atoms with Crippen LogP contribution in [-0.4, -0.2) is 25.4 Å². The molecule has 17 heavy (non-hydrogen) atoms. The zero-order valence-electron chi connectivity index (χ0n) is 10.0. The normalized spacial score (nSPS) is 9.71. The van der Waals surface area contributed by atoms with E-state index in [1.807, 2.05) is 18.2 Å². The van der Waals surface area contributed by atoms with Crippen molar-refractivity contribution in [1.29, 1.82) is 0 Å². The van der Waals surface area contributed by atoms with Crippen LogP contribution in [0.1, 0.15) is 18.4 Å². The van der Waals surface area contributed by atoms with Crippen molar-refractivity contribution in [2.24, 2.45) is 0 Å². The van der Waals surface area contributed by atoms with Gasteiger partial charge in [0.1, 0.15) is 0 Å². The molecule has 0 saturated heterocycles. The zero-order chi connectivity index (χ0) is 12.5. The molecule has 0 heterocycles. The Kier molecular flexibility index (Phi) is 5.79. The van der Waals surface area contributed by atoms with E-state index in [0.29, 0.717) is 6.54 Å². The summed E-state index contributed by atoms with van der Waals surface area (Å²) in [5, 5.41) is 4.85. The van der Waals surface area contributed by atoms with E-state index in [0.717, 1.165) is 19.3 Å². The molecule has 0 aliphatic rings. The molecule has 0 unspecified atom stereocenters. The number of aryl methyl sites for hydroxylation is 1. The van der Waals surface area contributed by atoms with Gasteiger partial charge in [0.25, 0.3) is 0 Å². The van der Waals surface area contributed by atoms with Crippen molar-refractivity contribution in [1.82, 2.24) is 10.6 Å². The molecule has 0 radical (unpaired) electrons. The summed E-state index contributed by atoms with van der Waals surface area (Å²) in [5.74, 6) is -1.15. The average molecular weight is 234 g/mol. The van der Waals surface area contributed by atoms with E-state index < -0.39 is 11.8 Å². The first-order chi connectivity index (χ1) is 8.24. The minimum atomic E-state index is -0.590. The van der Waals surface area contributed by atoms with E-state index in [2.05, 4.69) is 22.8 Å². The predicted molar refractivity (Wildman–Crippen MR) is 66.5 cm³/mol. The molecule has 0 atom stereocenters. The van der Waals surface area contributed by atoms with Crippen molar-refractivity contribution in [2.45, 2.75) is 19.3 Å². The lowest BCUT2D eigenvalue weighted by Gasteiger charge is -2.04. The molecule has 0 aromatic heterocycles. The van der Waals surface area contributed by atoms with Crippen LogP contribution >= 0.6 is 0 Å². The second-order valence-electron chi connectivity index (χ2n) is 3.78.